The maximum Gasteiger partial charge on any atom is 0.308 e. The van der Waals surface area contributed by atoms with Crippen LogP contribution in [0.25, 0.3) is 0 Å². The Hall–Kier alpha value is -2.18. The first-order valence-corrected chi connectivity index (χ1v) is 7.48. The van der Waals surface area contributed by atoms with Crippen molar-refractivity contribution in [3.8, 4) is 0 Å². The van der Waals surface area contributed by atoms with Gasteiger partial charge >= 0.3 is 5.97 Å². The molecule has 0 bridgehead atoms. The summed E-state index contributed by atoms with van der Waals surface area (Å²) in [6.07, 6.45) is 4.90. The van der Waals surface area contributed by atoms with Crippen molar-refractivity contribution in [3.05, 3.63) is 18.5 Å². The van der Waals surface area contributed by atoms with Crippen molar-refractivity contribution in [1.82, 2.24) is 14.9 Å². The molecule has 1 fully saturated rings. The zero-order valence-electron chi connectivity index (χ0n) is 13.0. The topological polar surface area (TPSA) is 86.6 Å². The van der Waals surface area contributed by atoms with Gasteiger partial charge in [0.2, 0.25) is 11.9 Å². The fraction of sp³-hybridized carbons (Fsp3) is 0.600. The van der Waals surface area contributed by atoms with E-state index >= 15 is 0 Å². The lowest BCUT2D eigenvalue weighted by atomic mass is 9.95. The van der Waals surface area contributed by atoms with E-state index in [1.165, 1.54) is 4.90 Å². The minimum absolute atomic E-state index is 0.0294. The highest BCUT2D eigenvalue weighted by molar-refractivity contribution is 5.79. The molecule has 1 amide bonds. The molecule has 7 heteroatoms. The van der Waals surface area contributed by atoms with Crippen LogP contribution in [0.4, 0.5) is 5.95 Å². The summed E-state index contributed by atoms with van der Waals surface area (Å²) in [5.74, 6) is -0.753. The van der Waals surface area contributed by atoms with Gasteiger partial charge in [0.05, 0.1) is 5.92 Å². The Kier molecular flexibility index (Phi) is 5.30. The second-order valence-electron chi connectivity index (χ2n) is 5.77. The number of carboxylic acids is 1. The van der Waals surface area contributed by atoms with Crippen LogP contribution < -0.4 is 4.90 Å². The van der Waals surface area contributed by atoms with Gasteiger partial charge in [-0.1, -0.05) is 6.92 Å². The van der Waals surface area contributed by atoms with Crippen molar-refractivity contribution in [2.24, 2.45) is 11.8 Å². The largest absolute Gasteiger partial charge is 0.481 e. The van der Waals surface area contributed by atoms with Gasteiger partial charge in [-0.2, -0.15) is 0 Å². The van der Waals surface area contributed by atoms with Crippen LogP contribution in [0.3, 0.4) is 0 Å². The van der Waals surface area contributed by atoms with Gasteiger partial charge in [0.15, 0.2) is 0 Å². The second-order valence-corrected chi connectivity index (χ2v) is 5.77. The van der Waals surface area contributed by atoms with Crippen LogP contribution in [0.2, 0.25) is 0 Å². The second kappa shape index (κ2) is 7.20. The molecule has 1 aliphatic rings. The first kappa shape index (κ1) is 16.2. The Balaban J connectivity index is 1.86. The first-order valence-electron chi connectivity index (χ1n) is 7.48. The molecule has 0 spiro atoms. The van der Waals surface area contributed by atoms with Gasteiger partial charge < -0.3 is 14.9 Å². The van der Waals surface area contributed by atoms with E-state index in [2.05, 4.69) is 14.9 Å². The average Bonchev–Trinajstić information content (AvgIpc) is 2.55. The molecule has 1 aromatic heterocycles. The minimum Gasteiger partial charge on any atom is -0.481 e. The number of anilines is 1. The molecule has 0 aromatic carbocycles. The zero-order valence-corrected chi connectivity index (χ0v) is 13.0. The van der Waals surface area contributed by atoms with E-state index in [-0.39, 0.29) is 18.4 Å². The molecule has 0 radical (unpaired) electrons. The average molecular weight is 306 g/mol. The van der Waals surface area contributed by atoms with Gasteiger partial charge in [-0.3, -0.25) is 9.59 Å². The minimum atomic E-state index is -0.879. The van der Waals surface area contributed by atoms with Gasteiger partial charge in [-0.15, -0.1) is 0 Å². The highest BCUT2D eigenvalue weighted by Crippen LogP contribution is 2.22. The van der Waals surface area contributed by atoms with E-state index in [1.54, 1.807) is 32.4 Å². The lowest BCUT2D eigenvalue weighted by Crippen LogP contribution is -2.43. The molecule has 1 unspecified atom stereocenters. The molecule has 2 rings (SSSR count). The molecule has 0 saturated carbocycles. The summed E-state index contributed by atoms with van der Waals surface area (Å²) in [4.78, 5) is 35.3. The van der Waals surface area contributed by atoms with Crippen molar-refractivity contribution in [2.75, 3.05) is 31.6 Å². The normalized spacial score (nSPS) is 17.1. The van der Waals surface area contributed by atoms with E-state index in [0.29, 0.717) is 5.95 Å². The number of carbonyl (C=O) groups excluding carboxylic acids is 1. The standard InChI is InChI=1S/C15H22N4O3/c1-11(14(21)22)10-18(2)13(20)12-4-8-19(9-5-12)15-16-6-3-7-17-15/h3,6-7,11-12H,4-5,8-10H2,1-2H3,(H,21,22). The summed E-state index contributed by atoms with van der Waals surface area (Å²) in [5.41, 5.74) is 0. The van der Waals surface area contributed by atoms with Gasteiger partial charge in [-0.25, -0.2) is 9.97 Å². The maximum absolute atomic E-state index is 12.4. The number of carbonyl (C=O) groups is 2. The fourth-order valence-corrected chi connectivity index (χ4v) is 2.67. The number of piperidine rings is 1. The number of amides is 1. The smallest absolute Gasteiger partial charge is 0.308 e. The lowest BCUT2D eigenvalue weighted by molar-refractivity contribution is -0.143. The highest BCUT2D eigenvalue weighted by atomic mass is 16.4. The van der Waals surface area contributed by atoms with E-state index in [9.17, 15) is 9.59 Å². The fourth-order valence-electron chi connectivity index (χ4n) is 2.67. The summed E-state index contributed by atoms with van der Waals surface area (Å²) in [6.45, 7) is 3.34. The van der Waals surface area contributed by atoms with Gasteiger partial charge in [0, 0.05) is 45.0 Å². The van der Waals surface area contributed by atoms with E-state index in [1.807, 2.05) is 0 Å². The number of aliphatic carboxylic acids is 1. The third-order valence-electron chi connectivity index (χ3n) is 4.02. The van der Waals surface area contributed by atoms with Crippen LogP contribution in [-0.2, 0) is 9.59 Å². The predicted molar refractivity (Wildman–Crippen MR) is 81.4 cm³/mol. The van der Waals surface area contributed by atoms with Crippen LogP contribution in [-0.4, -0.2) is 58.5 Å². The van der Waals surface area contributed by atoms with Gasteiger partial charge in [-0.05, 0) is 18.9 Å². The number of rotatable bonds is 5. The molecular formula is C15H22N4O3. The summed E-state index contributed by atoms with van der Waals surface area (Å²) in [6, 6.07) is 1.78. The molecule has 22 heavy (non-hydrogen) atoms. The highest BCUT2D eigenvalue weighted by Gasteiger charge is 2.29. The SMILES string of the molecule is CC(CN(C)C(=O)C1CCN(c2ncccn2)CC1)C(=O)O. The Labute approximate surface area is 130 Å². The van der Waals surface area contributed by atoms with Crippen molar-refractivity contribution in [2.45, 2.75) is 19.8 Å². The molecule has 1 saturated heterocycles. The Morgan fingerprint density at radius 3 is 2.50 bits per heavy atom. The van der Waals surface area contributed by atoms with E-state index in [4.69, 9.17) is 5.11 Å². The molecule has 2 heterocycles. The number of hydrogen-bond acceptors (Lipinski definition) is 5. The van der Waals surface area contributed by atoms with Gasteiger partial charge in [0.25, 0.3) is 0 Å². The molecule has 1 atom stereocenters. The van der Waals surface area contributed by atoms with Crippen LogP contribution in [0.15, 0.2) is 18.5 Å². The van der Waals surface area contributed by atoms with E-state index in [0.717, 1.165) is 25.9 Å². The van der Waals surface area contributed by atoms with Crippen LogP contribution in [0, 0.1) is 11.8 Å². The predicted octanol–water partition coefficient (Wildman–Crippen LogP) is 0.872. The monoisotopic (exact) mass is 306 g/mol. The first-order chi connectivity index (χ1) is 10.5. The van der Waals surface area contributed by atoms with Crippen LogP contribution in [0.1, 0.15) is 19.8 Å². The molecule has 0 aliphatic carbocycles. The quantitative estimate of drug-likeness (QED) is 0.868. The summed E-state index contributed by atoms with van der Waals surface area (Å²) in [5, 5.41) is 8.93. The third-order valence-corrected chi connectivity index (χ3v) is 4.02. The zero-order chi connectivity index (χ0) is 16.1. The molecule has 1 N–H and O–H groups in total. The number of aromatic nitrogens is 2. The number of nitrogens with zero attached hydrogens (tertiary/aromatic N) is 4. The molecular weight excluding hydrogens is 284 g/mol. The van der Waals surface area contributed by atoms with Crippen molar-refractivity contribution >= 4 is 17.8 Å². The van der Waals surface area contributed by atoms with E-state index < -0.39 is 11.9 Å². The summed E-state index contributed by atoms with van der Waals surface area (Å²) in [7, 11) is 1.68. The Morgan fingerprint density at radius 2 is 1.95 bits per heavy atom. The number of carboxylic acid groups (broad SMARTS) is 1. The van der Waals surface area contributed by atoms with Crippen molar-refractivity contribution in [1.29, 1.82) is 0 Å². The van der Waals surface area contributed by atoms with Gasteiger partial charge in [0.1, 0.15) is 0 Å². The molecule has 1 aromatic rings. The third kappa shape index (κ3) is 3.93. The number of hydrogen-bond donors (Lipinski definition) is 1. The maximum atomic E-state index is 12.4. The van der Waals surface area contributed by atoms with Crippen LogP contribution in [0.5, 0.6) is 0 Å². The summed E-state index contributed by atoms with van der Waals surface area (Å²) >= 11 is 0. The lowest BCUT2D eigenvalue weighted by Gasteiger charge is -2.33. The Morgan fingerprint density at radius 1 is 1.36 bits per heavy atom. The molecule has 120 valence electrons. The molecule has 7 nitrogen and oxygen atoms in total. The van der Waals surface area contributed by atoms with Crippen molar-refractivity contribution in [3.63, 3.8) is 0 Å². The summed E-state index contributed by atoms with van der Waals surface area (Å²) < 4.78 is 0. The molecule has 1 aliphatic heterocycles. The Bertz CT molecular complexity index is 515. The van der Waals surface area contributed by atoms with Crippen molar-refractivity contribution < 1.29 is 14.7 Å². The van der Waals surface area contributed by atoms with Crippen LogP contribution >= 0.6 is 0 Å².